The van der Waals surface area contributed by atoms with E-state index >= 15 is 0 Å². The third-order valence-electron chi connectivity index (χ3n) is 4.67. The Labute approximate surface area is 151 Å². The van der Waals surface area contributed by atoms with Crippen LogP contribution in [0.15, 0.2) is 48.5 Å². The van der Waals surface area contributed by atoms with Crippen LogP contribution in [-0.2, 0) is 6.18 Å². The van der Waals surface area contributed by atoms with Crippen molar-refractivity contribution in [1.29, 1.82) is 0 Å². The number of likely N-dealkylation sites (N-methyl/N-ethyl adjacent to an activating group) is 1. The summed E-state index contributed by atoms with van der Waals surface area (Å²) in [5, 5.41) is 0. The number of halogens is 3. The van der Waals surface area contributed by atoms with Crippen LogP contribution >= 0.6 is 0 Å². The van der Waals surface area contributed by atoms with Gasteiger partial charge < -0.3 is 4.90 Å². The Bertz CT molecular complexity index is 781. The van der Waals surface area contributed by atoms with E-state index in [9.17, 15) is 18.0 Å². The minimum Gasteiger partial charge on any atom is -0.304 e. The molecule has 1 saturated heterocycles. The van der Waals surface area contributed by atoms with Gasteiger partial charge in [-0.15, -0.1) is 0 Å². The third kappa shape index (κ3) is 4.51. The van der Waals surface area contributed by atoms with Crippen molar-refractivity contribution >= 4 is 5.78 Å². The molecule has 1 aliphatic rings. The highest BCUT2D eigenvalue weighted by Gasteiger charge is 2.30. The van der Waals surface area contributed by atoms with Crippen LogP contribution in [0.2, 0.25) is 0 Å². The van der Waals surface area contributed by atoms with Crippen LogP contribution < -0.4 is 0 Å². The number of carbonyl (C=O) groups excluding carboxylic acids is 1. The molecule has 0 atom stereocenters. The Hall–Kier alpha value is -2.18. The van der Waals surface area contributed by atoms with E-state index in [1.54, 1.807) is 30.3 Å². The van der Waals surface area contributed by atoms with Crippen molar-refractivity contribution in [1.82, 2.24) is 9.80 Å². The van der Waals surface area contributed by atoms with Crippen molar-refractivity contribution < 1.29 is 18.0 Å². The first kappa shape index (κ1) is 18.6. The largest absolute Gasteiger partial charge is 0.416 e. The molecule has 1 aliphatic heterocycles. The summed E-state index contributed by atoms with van der Waals surface area (Å²) < 4.78 is 38.7. The molecular formula is C20H21F3N2O. The van der Waals surface area contributed by atoms with Crippen molar-refractivity contribution in [3.63, 3.8) is 0 Å². The summed E-state index contributed by atoms with van der Waals surface area (Å²) >= 11 is 0. The minimum atomic E-state index is -4.38. The molecule has 0 aliphatic carbocycles. The number of ketones is 1. The molecule has 2 aromatic carbocycles. The first-order valence-electron chi connectivity index (χ1n) is 8.55. The third-order valence-corrected chi connectivity index (χ3v) is 4.67. The van der Waals surface area contributed by atoms with Gasteiger partial charge in [0.25, 0.3) is 0 Å². The Kier molecular flexibility index (Phi) is 5.44. The number of rotatable bonds is 4. The van der Waals surface area contributed by atoms with Gasteiger partial charge in [-0.3, -0.25) is 9.69 Å². The molecule has 0 saturated carbocycles. The van der Waals surface area contributed by atoms with Crippen LogP contribution in [-0.4, -0.2) is 55.4 Å². The number of piperazine rings is 1. The molecular weight excluding hydrogens is 341 g/mol. The van der Waals surface area contributed by atoms with E-state index in [0.29, 0.717) is 23.2 Å². The molecule has 0 radical (unpaired) electrons. The highest BCUT2D eigenvalue weighted by Crippen LogP contribution is 2.32. The zero-order chi connectivity index (χ0) is 18.7. The maximum atomic E-state index is 12.9. The van der Waals surface area contributed by atoms with Gasteiger partial charge in [0.2, 0.25) is 0 Å². The zero-order valence-electron chi connectivity index (χ0n) is 14.6. The Morgan fingerprint density at radius 2 is 1.58 bits per heavy atom. The number of alkyl halides is 3. The number of benzene rings is 2. The topological polar surface area (TPSA) is 23.6 Å². The quantitative estimate of drug-likeness (QED) is 0.773. The molecule has 0 bridgehead atoms. The number of carbonyl (C=O) groups is 1. The lowest BCUT2D eigenvalue weighted by Crippen LogP contribution is -2.46. The second-order valence-corrected chi connectivity index (χ2v) is 6.66. The fourth-order valence-electron chi connectivity index (χ4n) is 3.05. The Balaban J connectivity index is 1.77. The summed E-state index contributed by atoms with van der Waals surface area (Å²) in [7, 11) is 2.05. The van der Waals surface area contributed by atoms with Crippen LogP contribution in [0, 0.1) is 0 Å². The van der Waals surface area contributed by atoms with Gasteiger partial charge >= 0.3 is 6.18 Å². The first-order valence-corrected chi connectivity index (χ1v) is 8.55. The van der Waals surface area contributed by atoms with Gasteiger partial charge in [-0.05, 0) is 36.4 Å². The molecule has 3 rings (SSSR count). The Morgan fingerprint density at radius 3 is 2.23 bits per heavy atom. The molecule has 6 heteroatoms. The van der Waals surface area contributed by atoms with Gasteiger partial charge in [-0.25, -0.2) is 0 Å². The van der Waals surface area contributed by atoms with Crippen molar-refractivity contribution in [2.45, 2.75) is 6.18 Å². The minimum absolute atomic E-state index is 0.0108. The summed E-state index contributed by atoms with van der Waals surface area (Å²) in [5.41, 5.74) is 0.900. The summed E-state index contributed by atoms with van der Waals surface area (Å²) in [4.78, 5) is 16.9. The molecule has 2 aromatic rings. The second-order valence-electron chi connectivity index (χ2n) is 6.66. The lowest BCUT2D eigenvalue weighted by atomic mass is 9.99. The van der Waals surface area contributed by atoms with Crippen LogP contribution in [0.25, 0.3) is 11.1 Å². The molecule has 3 nitrogen and oxygen atoms in total. The molecule has 138 valence electrons. The maximum absolute atomic E-state index is 12.9. The molecule has 0 unspecified atom stereocenters. The first-order chi connectivity index (χ1) is 12.3. The lowest BCUT2D eigenvalue weighted by molar-refractivity contribution is -0.137. The van der Waals surface area contributed by atoms with E-state index in [1.807, 2.05) is 0 Å². The fourth-order valence-corrected chi connectivity index (χ4v) is 3.05. The van der Waals surface area contributed by atoms with Gasteiger partial charge in [0.05, 0.1) is 12.1 Å². The van der Waals surface area contributed by atoms with Crippen molar-refractivity contribution in [2.75, 3.05) is 39.8 Å². The molecule has 26 heavy (non-hydrogen) atoms. The fraction of sp³-hybridized carbons (Fsp3) is 0.350. The summed E-state index contributed by atoms with van der Waals surface area (Å²) in [6.07, 6.45) is -4.38. The zero-order valence-corrected chi connectivity index (χ0v) is 14.6. The second kappa shape index (κ2) is 7.60. The smallest absolute Gasteiger partial charge is 0.304 e. The summed E-state index contributed by atoms with van der Waals surface area (Å²) in [6, 6.07) is 12.0. The lowest BCUT2D eigenvalue weighted by Gasteiger charge is -2.31. The Morgan fingerprint density at radius 1 is 0.962 bits per heavy atom. The van der Waals surface area contributed by atoms with E-state index in [0.717, 1.165) is 38.3 Å². The van der Waals surface area contributed by atoms with E-state index < -0.39 is 11.7 Å². The molecule has 0 N–H and O–H groups in total. The van der Waals surface area contributed by atoms with E-state index in [-0.39, 0.29) is 5.78 Å². The highest BCUT2D eigenvalue weighted by molar-refractivity contribution is 5.98. The highest BCUT2D eigenvalue weighted by atomic mass is 19.4. The number of nitrogens with zero attached hydrogens (tertiary/aromatic N) is 2. The van der Waals surface area contributed by atoms with Gasteiger partial charge in [-0.1, -0.05) is 30.3 Å². The average molecular weight is 362 g/mol. The molecule has 0 aromatic heterocycles. The monoisotopic (exact) mass is 362 g/mol. The molecule has 1 heterocycles. The van der Waals surface area contributed by atoms with Crippen molar-refractivity contribution in [3.05, 3.63) is 59.7 Å². The normalized spacial score (nSPS) is 16.6. The van der Waals surface area contributed by atoms with Crippen molar-refractivity contribution in [3.8, 4) is 11.1 Å². The van der Waals surface area contributed by atoms with Gasteiger partial charge in [0.15, 0.2) is 5.78 Å². The van der Waals surface area contributed by atoms with Crippen molar-refractivity contribution in [2.24, 2.45) is 0 Å². The van der Waals surface area contributed by atoms with Gasteiger partial charge in [0, 0.05) is 31.7 Å². The predicted octanol–water partition coefficient (Wildman–Crippen LogP) is 3.80. The van der Waals surface area contributed by atoms with E-state index in [2.05, 4.69) is 16.8 Å². The number of hydrogen-bond donors (Lipinski definition) is 0. The predicted molar refractivity (Wildman–Crippen MR) is 95.1 cm³/mol. The molecule has 1 fully saturated rings. The van der Waals surface area contributed by atoms with E-state index in [4.69, 9.17) is 0 Å². The number of Topliss-reactive ketones (excluding diaryl/α,β-unsaturated/α-hetero) is 1. The molecule has 0 amide bonds. The van der Waals surface area contributed by atoms with Crippen LogP contribution in [0.1, 0.15) is 15.9 Å². The van der Waals surface area contributed by atoms with Gasteiger partial charge in [0.1, 0.15) is 0 Å². The maximum Gasteiger partial charge on any atom is 0.416 e. The van der Waals surface area contributed by atoms with Crippen LogP contribution in [0.3, 0.4) is 0 Å². The standard InChI is InChI=1S/C20H21F3N2O/c1-24-8-10-25(11-9-24)14-19(26)17-6-2-4-15(12-17)16-5-3-7-18(13-16)20(21,22)23/h2-7,12-13H,8-11,14H2,1H3. The average Bonchev–Trinajstić information content (AvgIpc) is 2.63. The SMILES string of the molecule is CN1CCN(CC(=O)c2cccc(-c3cccc(C(F)(F)F)c3)c2)CC1. The molecule has 0 spiro atoms. The van der Waals surface area contributed by atoms with Gasteiger partial charge in [-0.2, -0.15) is 13.2 Å². The van der Waals surface area contributed by atoms with Crippen LogP contribution in [0.4, 0.5) is 13.2 Å². The van der Waals surface area contributed by atoms with Crippen LogP contribution in [0.5, 0.6) is 0 Å². The summed E-state index contributed by atoms with van der Waals surface area (Å²) in [6.45, 7) is 3.88. The number of hydrogen-bond acceptors (Lipinski definition) is 3. The van der Waals surface area contributed by atoms with E-state index in [1.165, 1.54) is 6.07 Å². The summed E-state index contributed by atoms with van der Waals surface area (Å²) in [5.74, 6) is -0.0108.